The Kier molecular flexibility index (Phi) is 5.07. The summed E-state index contributed by atoms with van der Waals surface area (Å²) in [5.74, 6) is -1.20. The van der Waals surface area contributed by atoms with E-state index in [4.69, 9.17) is 14.9 Å². The molecule has 1 aliphatic heterocycles. The number of furan rings is 1. The Bertz CT molecular complexity index is 924. The van der Waals surface area contributed by atoms with Gasteiger partial charge in [0, 0.05) is 30.0 Å². The number of carbonyl (C=O) groups excluding carboxylic acids is 3. The third-order valence-corrected chi connectivity index (χ3v) is 5.81. The van der Waals surface area contributed by atoms with E-state index in [9.17, 15) is 14.4 Å². The third kappa shape index (κ3) is 3.74. The fourth-order valence-electron chi connectivity index (χ4n) is 4.14. The lowest BCUT2D eigenvalue weighted by molar-refractivity contribution is -0.152. The van der Waals surface area contributed by atoms with Crippen molar-refractivity contribution in [1.29, 1.82) is 0 Å². The van der Waals surface area contributed by atoms with E-state index in [2.05, 4.69) is 12.1 Å². The molecule has 2 amide bonds. The van der Waals surface area contributed by atoms with Crippen LogP contribution in [-0.4, -0.2) is 42.4 Å². The van der Waals surface area contributed by atoms with Gasteiger partial charge >= 0.3 is 5.97 Å². The molecule has 1 aromatic carbocycles. The van der Waals surface area contributed by atoms with Gasteiger partial charge in [-0.3, -0.25) is 14.4 Å². The average molecular weight is 384 g/mol. The molecular formula is C21H24N2O5. The molecule has 0 radical (unpaired) electrons. The van der Waals surface area contributed by atoms with E-state index in [-0.39, 0.29) is 30.8 Å². The number of hydrogen-bond donors (Lipinski definition) is 1. The van der Waals surface area contributed by atoms with Crippen molar-refractivity contribution in [3.8, 4) is 0 Å². The van der Waals surface area contributed by atoms with Crippen LogP contribution in [0, 0.1) is 5.92 Å². The molecule has 7 heteroatoms. The van der Waals surface area contributed by atoms with Crippen LogP contribution in [0.4, 0.5) is 0 Å². The van der Waals surface area contributed by atoms with Crippen molar-refractivity contribution < 1.29 is 23.5 Å². The summed E-state index contributed by atoms with van der Waals surface area (Å²) in [6, 6.07) is 4.17. The normalized spacial score (nSPS) is 16.9. The van der Waals surface area contributed by atoms with Gasteiger partial charge in [-0.25, -0.2) is 0 Å². The zero-order chi connectivity index (χ0) is 19.7. The average Bonchev–Trinajstić information content (AvgIpc) is 3.31. The molecular weight excluding hydrogens is 360 g/mol. The number of benzene rings is 1. The predicted octanol–water partition coefficient (Wildman–Crippen LogP) is 1.73. The molecule has 1 aromatic heterocycles. The lowest BCUT2D eigenvalue weighted by Crippen LogP contribution is -2.43. The van der Waals surface area contributed by atoms with Crippen molar-refractivity contribution in [2.75, 3.05) is 19.7 Å². The Labute approximate surface area is 162 Å². The highest BCUT2D eigenvalue weighted by Crippen LogP contribution is 2.30. The number of aryl methyl sites for hydroxylation is 2. The second kappa shape index (κ2) is 7.66. The number of carbonyl (C=O) groups is 3. The van der Waals surface area contributed by atoms with Crippen LogP contribution in [0.1, 0.15) is 36.0 Å². The van der Waals surface area contributed by atoms with E-state index in [1.807, 2.05) is 0 Å². The molecule has 2 N–H and O–H groups in total. The van der Waals surface area contributed by atoms with Gasteiger partial charge in [-0.2, -0.15) is 0 Å². The highest BCUT2D eigenvalue weighted by molar-refractivity contribution is 5.88. The van der Waals surface area contributed by atoms with Crippen LogP contribution in [0.2, 0.25) is 0 Å². The number of piperidine rings is 1. The van der Waals surface area contributed by atoms with Gasteiger partial charge in [-0.15, -0.1) is 0 Å². The zero-order valence-electron chi connectivity index (χ0n) is 15.7. The Morgan fingerprint density at radius 2 is 1.86 bits per heavy atom. The molecule has 2 aromatic rings. The fraction of sp³-hybridized carbons (Fsp3) is 0.476. The van der Waals surface area contributed by atoms with E-state index in [0.717, 1.165) is 35.8 Å². The van der Waals surface area contributed by atoms with Gasteiger partial charge in [-0.05, 0) is 55.4 Å². The second-order valence-electron chi connectivity index (χ2n) is 7.63. The molecule has 0 spiro atoms. The fourth-order valence-corrected chi connectivity index (χ4v) is 4.14. The monoisotopic (exact) mass is 384 g/mol. The molecule has 4 rings (SSSR count). The van der Waals surface area contributed by atoms with Crippen LogP contribution in [0.5, 0.6) is 0 Å². The van der Waals surface area contributed by atoms with Gasteiger partial charge in [-0.1, -0.05) is 0 Å². The van der Waals surface area contributed by atoms with Crippen molar-refractivity contribution >= 4 is 28.8 Å². The number of amides is 2. The lowest BCUT2D eigenvalue weighted by Gasteiger charge is -2.30. The highest BCUT2D eigenvalue weighted by Gasteiger charge is 2.26. The number of ether oxygens (including phenoxy) is 1. The van der Waals surface area contributed by atoms with Crippen LogP contribution < -0.4 is 5.73 Å². The zero-order valence-corrected chi connectivity index (χ0v) is 15.7. The molecule has 7 nitrogen and oxygen atoms in total. The molecule has 0 bridgehead atoms. The number of primary amides is 1. The number of likely N-dealkylation sites (tertiary alicyclic amines) is 1. The molecule has 1 aliphatic carbocycles. The van der Waals surface area contributed by atoms with E-state index in [1.165, 1.54) is 11.1 Å². The summed E-state index contributed by atoms with van der Waals surface area (Å²) in [5, 5.41) is 0.942. The maximum absolute atomic E-state index is 12.2. The van der Waals surface area contributed by atoms with E-state index in [1.54, 1.807) is 11.2 Å². The first-order chi connectivity index (χ1) is 13.5. The first kappa shape index (κ1) is 18.5. The van der Waals surface area contributed by atoms with Gasteiger partial charge < -0.3 is 19.8 Å². The molecule has 1 fully saturated rings. The summed E-state index contributed by atoms with van der Waals surface area (Å²) >= 11 is 0. The first-order valence-electron chi connectivity index (χ1n) is 9.76. The third-order valence-electron chi connectivity index (χ3n) is 5.81. The Balaban J connectivity index is 1.31. The number of hydrogen-bond acceptors (Lipinski definition) is 5. The summed E-state index contributed by atoms with van der Waals surface area (Å²) in [6.07, 6.45) is 6.06. The van der Waals surface area contributed by atoms with Gasteiger partial charge in [0.2, 0.25) is 5.91 Å². The number of nitrogens with two attached hydrogens (primary N) is 1. The van der Waals surface area contributed by atoms with Crippen LogP contribution in [0.15, 0.2) is 22.8 Å². The number of esters is 1. The second-order valence-corrected chi connectivity index (χ2v) is 7.63. The minimum Gasteiger partial charge on any atom is -0.464 e. The van der Waals surface area contributed by atoms with Gasteiger partial charge in [0.05, 0.1) is 12.7 Å². The smallest absolute Gasteiger partial charge is 0.310 e. The molecule has 1 saturated heterocycles. The molecule has 0 unspecified atom stereocenters. The van der Waals surface area contributed by atoms with Crippen molar-refractivity contribution in [3.63, 3.8) is 0 Å². The van der Waals surface area contributed by atoms with Crippen LogP contribution >= 0.6 is 0 Å². The highest BCUT2D eigenvalue weighted by atomic mass is 16.5. The van der Waals surface area contributed by atoms with Crippen molar-refractivity contribution in [3.05, 3.63) is 35.1 Å². The number of fused-ring (bicyclic) bond motifs is 2. The van der Waals surface area contributed by atoms with Crippen molar-refractivity contribution in [2.24, 2.45) is 11.7 Å². The molecule has 0 atom stereocenters. The lowest BCUT2D eigenvalue weighted by atomic mass is 9.96. The minimum atomic E-state index is -0.455. The molecule has 2 aliphatic rings. The molecule has 0 saturated carbocycles. The molecule has 2 heterocycles. The summed E-state index contributed by atoms with van der Waals surface area (Å²) < 4.78 is 10.8. The van der Waals surface area contributed by atoms with Crippen LogP contribution in [0.3, 0.4) is 0 Å². The number of rotatable bonds is 5. The van der Waals surface area contributed by atoms with Crippen molar-refractivity contribution in [2.45, 2.75) is 38.5 Å². The van der Waals surface area contributed by atoms with Gasteiger partial charge in [0.15, 0.2) is 6.61 Å². The molecule has 148 valence electrons. The maximum Gasteiger partial charge on any atom is 0.310 e. The van der Waals surface area contributed by atoms with E-state index in [0.29, 0.717) is 25.9 Å². The van der Waals surface area contributed by atoms with E-state index >= 15 is 0 Å². The summed E-state index contributed by atoms with van der Waals surface area (Å²) in [6.45, 7) is 0.633. The topological polar surface area (TPSA) is 103 Å². The largest absolute Gasteiger partial charge is 0.464 e. The number of nitrogens with zero attached hydrogens (tertiary/aromatic N) is 1. The maximum atomic E-state index is 12.2. The summed E-state index contributed by atoms with van der Waals surface area (Å²) in [4.78, 5) is 37.3. The van der Waals surface area contributed by atoms with Crippen LogP contribution in [-0.2, 0) is 38.4 Å². The Morgan fingerprint density at radius 3 is 2.57 bits per heavy atom. The Morgan fingerprint density at radius 1 is 1.14 bits per heavy atom. The van der Waals surface area contributed by atoms with Crippen molar-refractivity contribution in [1.82, 2.24) is 4.90 Å². The minimum absolute atomic E-state index is 0.0722. The van der Waals surface area contributed by atoms with Crippen LogP contribution in [0.25, 0.3) is 11.0 Å². The van der Waals surface area contributed by atoms with Gasteiger partial charge in [0.25, 0.3) is 5.91 Å². The predicted molar refractivity (Wildman–Crippen MR) is 101 cm³/mol. The summed E-state index contributed by atoms with van der Waals surface area (Å²) in [7, 11) is 0. The van der Waals surface area contributed by atoms with E-state index < -0.39 is 5.97 Å². The standard InChI is InChI=1S/C21H24N2O5/c22-21(26)13-4-6-23(7-5-13)19(24)12-28-20(25)10-16-11-27-18-9-15-3-1-2-14(15)8-17(16)18/h8-9,11,13H,1-7,10,12H2,(H2,22,26). The summed E-state index contributed by atoms with van der Waals surface area (Å²) in [5.41, 5.74) is 9.51. The quantitative estimate of drug-likeness (QED) is 0.791. The molecule has 28 heavy (non-hydrogen) atoms. The Hall–Kier alpha value is -2.83. The first-order valence-corrected chi connectivity index (χ1v) is 9.76. The SMILES string of the molecule is NC(=O)C1CCN(C(=O)COC(=O)Cc2coc3cc4c(cc23)CCC4)CC1. The van der Waals surface area contributed by atoms with Gasteiger partial charge in [0.1, 0.15) is 5.58 Å².